The molecule has 0 fully saturated rings. The van der Waals surface area contributed by atoms with Crippen molar-refractivity contribution in [3.63, 3.8) is 0 Å². The molecule has 0 aliphatic carbocycles. The Bertz CT molecular complexity index is 4180. The van der Waals surface area contributed by atoms with E-state index in [1.807, 2.05) is 11.3 Å². The first kappa shape index (κ1) is 35.4. The van der Waals surface area contributed by atoms with Crippen molar-refractivity contribution < 1.29 is 0 Å². The SMILES string of the molecule is c1ccc(-n2c3ccc(-c4ccc5c(c4)c4ccccc4n5-c4ccc5c6ccccc6n(-c6ccccc6)c5c4)cc3c3ccc(-c4ccc5sc6ccccc6c5c4)cc32)cc1. The van der Waals surface area contributed by atoms with E-state index in [-0.39, 0.29) is 0 Å². The van der Waals surface area contributed by atoms with Crippen LogP contribution in [0.2, 0.25) is 0 Å². The summed E-state index contributed by atoms with van der Waals surface area (Å²) in [4.78, 5) is 0. The van der Waals surface area contributed by atoms with Gasteiger partial charge in [0.25, 0.3) is 0 Å². The van der Waals surface area contributed by atoms with Crippen LogP contribution in [-0.2, 0) is 0 Å². The summed E-state index contributed by atoms with van der Waals surface area (Å²) < 4.78 is 9.92. The van der Waals surface area contributed by atoms with E-state index in [4.69, 9.17) is 0 Å². The van der Waals surface area contributed by atoms with E-state index in [0.717, 1.165) is 17.1 Å². The zero-order valence-corrected chi connectivity index (χ0v) is 35.4. The maximum absolute atomic E-state index is 2.44. The predicted molar refractivity (Wildman–Crippen MR) is 273 cm³/mol. The molecule has 4 heterocycles. The van der Waals surface area contributed by atoms with Gasteiger partial charge in [-0.25, -0.2) is 0 Å². The number of nitrogens with zero attached hydrogens (tertiary/aromatic N) is 3. The molecule has 0 radical (unpaired) electrons. The minimum absolute atomic E-state index is 1.14. The topological polar surface area (TPSA) is 14.8 Å². The van der Waals surface area contributed by atoms with Crippen molar-refractivity contribution in [1.29, 1.82) is 0 Å². The average molecular weight is 832 g/mol. The van der Waals surface area contributed by atoms with Gasteiger partial charge in [0.2, 0.25) is 0 Å². The van der Waals surface area contributed by atoms with Gasteiger partial charge < -0.3 is 13.7 Å². The van der Waals surface area contributed by atoms with Gasteiger partial charge in [0.05, 0.1) is 33.1 Å². The highest BCUT2D eigenvalue weighted by atomic mass is 32.1. The molecule has 4 heteroatoms. The van der Waals surface area contributed by atoms with E-state index in [0.29, 0.717) is 0 Å². The number of aromatic nitrogens is 3. The predicted octanol–water partition coefficient (Wildman–Crippen LogP) is 16.7. The van der Waals surface area contributed by atoms with Crippen molar-refractivity contribution in [3.05, 3.63) is 224 Å². The lowest BCUT2D eigenvalue weighted by atomic mass is 9.99. The van der Waals surface area contributed by atoms with Gasteiger partial charge in [0, 0.05) is 69.6 Å². The smallest absolute Gasteiger partial charge is 0.0561 e. The number of fused-ring (bicyclic) bond motifs is 12. The van der Waals surface area contributed by atoms with Crippen molar-refractivity contribution in [2.24, 2.45) is 0 Å². The van der Waals surface area contributed by atoms with E-state index < -0.39 is 0 Å². The van der Waals surface area contributed by atoms with E-state index in [9.17, 15) is 0 Å². The van der Waals surface area contributed by atoms with E-state index in [1.54, 1.807) is 0 Å². The van der Waals surface area contributed by atoms with E-state index in [1.165, 1.54) is 108 Å². The number of benzene rings is 10. The molecule has 0 N–H and O–H groups in total. The molecule has 0 spiro atoms. The Labute approximate surface area is 372 Å². The van der Waals surface area contributed by atoms with Crippen molar-refractivity contribution >= 4 is 96.9 Å². The molecule has 0 aliphatic rings. The van der Waals surface area contributed by atoms with Crippen LogP contribution in [0.4, 0.5) is 0 Å². The molecule has 0 amide bonds. The highest BCUT2D eigenvalue weighted by Crippen LogP contribution is 2.42. The largest absolute Gasteiger partial charge is 0.309 e. The van der Waals surface area contributed by atoms with Gasteiger partial charge in [0.1, 0.15) is 0 Å². The second-order valence-corrected chi connectivity index (χ2v) is 18.0. The molecule has 0 atom stereocenters. The third-order valence-corrected chi connectivity index (χ3v) is 14.6. The van der Waals surface area contributed by atoms with Gasteiger partial charge >= 0.3 is 0 Å². The molecule has 64 heavy (non-hydrogen) atoms. The fourth-order valence-corrected chi connectivity index (χ4v) is 11.6. The molecule has 0 bridgehead atoms. The summed E-state index contributed by atoms with van der Waals surface area (Å²) in [7, 11) is 0. The van der Waals surface area contributed by atoms with Crippen LogP contribution in [0.3, 0.4) is 0 Å². The fraction of sp³-hybridized carbons (Fsp3) is 0. The quantitative estimate of drug-likeness (QED) is 0.164. The fourth-order valence-electron chi connectivity index (χ4n) is 10.5. The highest BCUT2D eigenvalue weighted by molar-refractivity contribution is 7.25. The lowest BCUT2D eigenvalue weighted by Crippen LogP contribution is -1.96. The maximum atomic E-state index is 2.44. The summed E-state index contributed by atoms with van der Waals surface area (Å²) in [5.41, 5.74) is 15.5. The van der Waals surface area contributed by atoms with Gasteiger partial charge in [-0.1, -0.05) is 127 Å². The van der Waals surface area contributed by atoms with E-state index in [2.05, 4.69) is 238 Å². The number of thiophene rings is 1. The number of rotatable bonds is 5. The summed E-state index contributed by atoms with van der Waals surface area (Å²) >= 11 is 1.87. The lowest BCUT2D eigenvalue weighted by molar-refractivity contribution is 1.15. The number of para-hydroxylation sites is 4. The van der Waals surface area contributed by atoms with Crippen LogP contribution in [-0.4, -0.2) is 13.7 Å². The van der Waals surface area contributed by atoms with Crippen molar-refractivity contribution in [2.45, 2.75) is 0 Å². The van der Waals surface area contributed by atoms with Crippen molar-refractivity contribution in [3.8, 4) is 39.3 Å². The van der Waals surface area contributed by atoms with Crippen LogP contribution >= 0.6 is 11.3 Å². The van der Waals surface area contributed by atoms with Crippen molar-refractivity contribution in [1.82, 2.24) is 13.7 Å². The van der Waals surface area contributed by atoms with Gasteiger partial charge in [-0.15, -0.1) is 11.3 Å². The molecular formula is C60H37N3S. The summed E-state index contributed by atoms with van der Waals surface area (Å²) in [5, 5.41) is 10.1. The summed E-state index contributed by atoms with van der Waals surface area (Å²) in [5.74, 6) is 0. The molecule has 3 nitrogen and oxygen atoms in total. The molecule has 14 aromatic rings. The zero-order chi connectivity index (χ0) is 41.9. The third kappa shape index (κ3) is 5.21. The second kappa shape index (κ2) is 13.7. The van der Waals surface area contributed by atoms with Crippen LogP contribution in [0.15, 0.2) is 224 Å². The van der Waals surface area contributed by atoms with Crippen molar-refractivity contribution in [2.75, 3.05) is 0 Å². The molecular weight excluding hydrogens is 795 g/mol. The Morgan fingerprint density at radius 3 is 1.28 bits per heavy atom. The number of hydrogen-bond donors (Lipinski definition) is 0. The second-order valence-electron chi connectivity index (χ2n) is 16.9. The Morgan fingerprint density at radius 2 is 0.625 bits per heavy atom. The average Bonchev–Trinajstić information content (AvgIpc) is 4.10. The molecule has 0 aliphatic heterocycles. The number of hydrogen-bond acceptors (Lipinski definition) is 1. The van der Waals surface area contributed by atoms with Gasteiger partial charge in [-0.05, 0) is 119 Å². The zero-order valence-electron chi connectivity index (χ0n) is 34.6. The van der Waals surface area contributed by atoms with Gasteiger partial charge in [0.15, 0.2) is 0 Å². The van der Waals surface area contributed by atoms with Crippen LogP contribution in [0.25, 0.3) is 125 Å². The first-order chi connectivity index (χ1) is 31.7. The Kier molecular flexibility index (Phi) is 7.56. The van der Waals surface area contributed by atoms with Crippen LogP contribution in [0.1, 0.15) is 0 Å². The van der Waals surface area contributed by atoms with Crippen LogP contribution in [0, 0.1) is 0 Å². The molecule has 0 saturated heterocycles. The molecule has 14 rings (SSSR count). The molecule has 4 aromatic heterocycles. The normalized spacial score (nSPS) is 12.1. The van der Waals surface area contributed by atoms with Crippen LogP contribution < -0.4 is 0 Å². The summed E-state index contributed by atoms with van der Waals surface area (Å²) in [6.07, 6.45) is 0. The first-order valence-corrected chi connectivity index (χ1v) is 22.7. The third-order valence-electron chi connectivity index (χ3n) is 13.4. The van der Waals surface area contributed by atoms with Gasteiger partial charge in [-0.3, -0.25) is 0 Å². The minimum Gasteiger partial charge on any atom is -0.309 e. The Balaban J connectivity index is 0.928. The standard InChI is InChI=1S/C60H37N3S/c1-3-13-42(14-4-1)61-53-20-10-7-17-45(53)47-29-27-44(37-58(47)61)63-54-21-11-8-18-46(54)50-33-38(25-31-56(50)63)39-24-30-55-51(34-39)48-28-23-41(36-57(48)62(55)43-15-5-2-6-16-43)40-26-32-60-52(35-40)49-19-9-12-22-59(49)64-60/h1-37H. The van der Waals surface area contributed by atoms with Crippen LogP contribution in [0.5, 0.6) is 0 Å². The van der Waals surface area contributed by atoms with Gasteiger partial charge in [-0.2, -0.15) is 0 Å². The molecule has 0 saturated carbocycles. The minimum atomic E-state index is 1.14. The molecule has 0 unspecified atom stereocenters. The Hall–Kier alpha value is -8.18. The Morgan fingerprint density at radius 1 is 0.219 bits per heavy atom. The maximum Gasteiger partial charge on any atom is 0.0561 e. The lowest BCUT2D eigenvalue weighted by Gasteiger charge is -2.11. The monoisotopic (exact) mass is 831 g/mol. The molecule has 298 valence electrons. The summed E-state index contributed by atoms with van der Waals surface area (Å²) in [6.45, 7) is 0. The highest BCUT2D eigenvalue weighted by Gasteiger charge is 2.19. The molecule has 10 aromatic carbocycles. The summed E-state index contributed by atoms with van der Waals surface area (Å²) in [6, 6.07) is 82.8. The van der Waals surface area contributed by atoms with E-state index >= 15 is 0 Å². The first-order valence-electron chi connectivity index (χ1n) is 21.9.